The zero-order valence-electron chi connectivity index (χ0n) is 17.9. The molecule has 0 radical (unpaired) electrons. The number of carboxylic acids is 1. The van der Waals surface area contributed by atoms with Crippen LogP contribution in [0.1, 0.15) is 28.3 Å². The summed E-state index contributed by atoms with van der Waals surface area (Å²) in [7, 11) is 0. The summed E-state index contributed by atoms with van der Waals surface area (Å²) < 4.78 is 24.9. The molecule has 0 fully saturated rings. The minimum absolute atomic E-state index is 0.0214. The Morgan fingerprint density at radius 2 is 1.85 bits per heavy atom. The normalized spacial score (nSPS) is 15.3. The fourth-order valence-corrected chi connectivity index (χ4v) is 4.01. The Kier molecular flexibility index (Phi) is 7.30. The molecule has 0 saturated heterocycles. The van der Waals surface area contributed by atoms with Crippen molar-refractivity contribution in [2.24, 2.45) is 0 Å². The standard InChI is InChI=1S/C25H21ClFNO6/c26-18-7-9-22(32-15-23(29)30)21(12-18)24-20-13-19(27)8-6-17(20)10-11-28(24)34-25(31)33-14-16-4-2-1-3-5-16/h1-9,12-13,24H,10-11,14-15H2,(H,29,30). The van der Waals surface area contributed by atoms with Crippen molar-refractivity contribution in [1.82, 2.24) is 5.06 Å². The number of rotatable bonds is 7. The number of hydroxylamine groups is 2. The molecule has 3 aromatic carbocycles. The van der Waals surface area contributed by atoms with E-state index in [0.717, 1.165) is 11.1 Å². The molecule has 3 aromatic rings. The fraction of sp³-hybridized carbons (Fsp3) is 0.200. The molecule has 0 aliphatic carbocycles. The number of hydrogen-bond donors (Lipinski definition) is 1. The lowest BCUT2D eigenvalue weighted by Crippen LogP contribution is -2.38. The van der Waals surface area contributed by atoms with E-state index in [1.165, 1.54) is 23.3 Å². The number of carbonyl (C=O) groups is 2. The summed E-state index contributed by atoms with van der Waals surface area (Å²) in [5, 5.41) is 10.8. The first-order valence-corrected chi connectivity index (χ1v) is 10.9. The van der Waals surface area contributed by atoms with Crippen LogP contribution in [0.15, 0.2) is 66.7 Å². The molecule has 4 rings (SSSR count). The maximum atomic E-state index is 14.2. The van der Waals surface area contributed by atoms with E-state index in [2.05, 4.69) is 0 Å². The van der Waals surface area contributed by atoms with Crippen LogP contribution in [0.4, 0.5) is 9.18 Å². The Morgan fingerprint density at radius 1 is 1.06 bits per heavy atom. The molecule has 1 aliphatic rings. The molecule has 1 unspecified atom stereocenters. The Balaban J connectivity index is 1.65. The Morgan fingerprint density at radius 3 is 2.62 bits per heavy atom. The molecule has 34 heavy (non-hydrogen) atoms. The van der Waals surface area contributed by atoms with E-state index in [0.29, 0.717) is 22.6 Å². The summed E-state index contributed by atoms with van der Waals surface area (Å²) >= 11 is 6.23. The van der Waals surface area contributed by atoms with Crippen LogP contribution in [0, 0.1) is 5.82 Å². The Labute approximate surface area is 200 Å². The number of halogens is 2. The number of carbonyl (C=O) groups excluding carboxylic acids is 1. The highest BCUT2D eigenvalue weighted by molar-refractivity contribution is 6.30. The van der Waals surface area contributed by atoms with Crippen LogP contribution in [-0.4, -0.2) is 35.4 Å². The molecule has 0 saturated carbocycles. The second-order valence-electron chi connectivity index (χ2n) is 7.62. The zero-order chi connectivity index (χ0) is 24.1. The number of hydrogen-bond acceptors (Lipinski definition) is 6. The summed E-state index contributed by atoms with van der Waals surface area (Å²) in [5.74, 6) is -1.40. The van der Waals surface area contributed by atoms with Crippen molar-refractivity contribution in [1.29, 1.82) is 0 Å². The van der Waals surface area contributed by atoms with Crippen molar-refractivity contribution in [2.45, 2.75) is 19.1 Å². The van der Waals surface area contributed by atoms with Crippen molar-refractivity contribution >= 4 is 23.7 Å². The monoisotopic (exact) mass is 485 g/mol. The molecular formula is C25H21ClFNO6. The number of ether oxygens (including phenoxy) is 2. The van der Waals surface area contributed by atoms with E-state index in [9.17, 15) is 14.0 Å². The lowest BCUT2D eigenvalue weighted by atomic mass is 9.89. The van der Waals surface area contributed by atoms with Crippen LogP contribution in [0.3, 0.4) is 0 Å². The molecule has 7 nitrogen and oxygen atoms in total. The van der Waals surface area contributed by atoms with E-state index in [-0.39, 0.29) is 18.9 Å². The first kappa shape index (κ1) is 23.5. The minimum atomic E-state index is -1.16. The molecule has 1 N–H and O–H groups in total. The lowest BCUT2D eigenvalue weighted by Gasteiger charge is -2.36. The summed E-state index contributed by atoms with van der Waals surface area (Å²) in [6, 6.07) is 17.4. The molecule has 9 heteroatoms. The summed E-state index contributed by atoms with van der Waals surface area (Å²) in [4.78, 5) is 29.1. The highest BCUT2D eigenvalue weighted by Gasteiger charge is 2.35. The van der Waals surface area contributed by atoms with Crippen LogP contribution >= 0.6 is 11.6 Å². The maximum Gasteiger partial charge on any atom is 0.528 e. The smallest absolute Gasteiger partial charge is 0.482 e. The maximum absolute atomic E-state index is 14.2. The average molecular weight is 486 g/mol. The first-order chi connectivity index (χ1) is 16.4. The van der Waals surface area contributed by atoms with Gasteiger partial charge in [-0.25, -0.2) is 14.0 Å². The molecule has 1 heterocycles. The molecule has 1 atom stereocenters. The van der Waals surface area contributed by atoms with Gasteiger partial charge in [0.2, 0.25) is 0 Å². The number of aliphatic carboxylic acids is 1. The molecule has 1 aliphatic heterocycles. The molecule has 0 bridgehead atoms. The van der Waals surface area contributed by atoms with Gasteiger partial charge in [-0.15, -0.1) is 5.06 Å². The van der Waals surface area contributed by atoms with Crippen molar-refractivity contribution in [3.8, 4) is 5.75 Å². The van der Waals surface area contributed by atoms with Gasteiger partial charge in [0.25, 0.3) is 0 Å². The Hall–Kier alpha value is -3.62. The van der Waals surface area contributed by atoms with E-state index in [4.69, 9.17) is 31.0 Å². The quantitative estimate of drug-likeness (QED) is 0.463. The third-order valence-corrected chi connectivity index (χ3v) is 5.54. The van der Waals surface area contributed by atoms with Crippen molar-refractivity contribution in [2.75, 3.05) is 13.2 Å². The van der Waals surface area contributed by atoms with E-state index in [1.54, 1.807) is 18.2 Å². The van der Waals surface area contributed by atoms with Crippen LogP contribution in [0.25, 0.3) is 0 Å². The van der Waals surface area contributed by atoms with Crippen LogP contribution in [0.5, 0.6) is 5.75 Å². The van der Waals surface area contributed by atoms with Gasteiger partial charge in [0, 0.05) is 17.1 Å². The second kappa shape index (κ2) is 10.5. The van der Waals surface area contributed by atoms with Crippen LogP contribution in [0.2, 0.25) is 5.02 Å². The molecule has 0 spiro atoms. The molecular weight excluding hydrogens is 465 g/mol. The third kappa shape index (κ3) is 5.65. The van der Waals surface area contributed by atoms with Crippen LogP contribution in [-0.2, 0) is 27.4 Å². The molecule has 0 aromatic heterocycles. The van der Waals surface area contributed by atoms with Gasteiger partial charge in [-0.1, -0.05) is 48.0 Å². The van der Waals surface area contributed by atoms with Gasteiger partial charge >= 0.3 is 12.1 Å². The van der Waals surface area contributed by atoms with E-state index < -0.39 is 30.6 Å². The summed E-state index contributed by atoms with van der Waals surface area (Å²) in [6.45, 7) is -0.278. The topological polar surface area (TPSA) is 85.3 Å². The number of nitrogens with zero attached hydrogens (tertiary/aromatic N) is 1. The SMILES string of the molecule is O=C(O)COc1ccc(Cl)cc1C1c2cc(F)ccc2CCN1OC(=O)OCc1ccccc1. The van der Waals surface area contributed by atoms with Gasteiger partial charge in [-0.05, 0) is 53.4 Å². The van der Waals surface area contributed by atoms with E-state index >= 15 is 0 Å². The van der Waals surface area contributed by atoms with Gasteiger partial charge < -0.3 is 19.4 Å². The van der Waals surface area contributed by atoms with Crippen molar-refractivity contribution in [3.05, 3.63) is 99.8 Å². The highest BCUT2D eigenvalue weighted by Crippen LogP contribution is 2.41. The lowest BCUT2D eigenvalue weighted by molar-refractivity contribution is -0.152. The number of fused-ring (bicyclic) bond motifs is 1. The van der Waals surface area contributed by atoms with Gasteiger partial charge in [0.15, 0.2) is 6.61 Å². The van der Waals surface area contributed by atoms with Gasteiger partial charge in [0.05, 0.1) is 0 Å². The first-order valence-electron chi connectivity index (χ1n) is 10.5. The average Bonchev–Trinajstić information content (AvgIpc) is 2.82. The summed E-state index contributed by atoms with van der Waals surface area (Å²) in [6.07, 6.45) is -0.437. The fourth-order valence-electron chi connectivity index (χ4n) is 3.83. The van der Waals surface area contributed by atoms with Gasteiger partial charge in [0.1, 0.15) is 24.2 Å². The van der Waals surface area contributed by atoms with Crippen molar-refractivity contribution in [3.63, 3.8) is 0 Å². The van der Waals surface area contributed by atoms with Gasteiger partial charge in [-0.2, -0.15) is 0 Å². The third-order valence-electron chi connectivity index (χ3n) is 5.30. The minimum Gasteiger partial charge on any atom is -0.482 e. The second-order valence-corrected chi connectivity index (χ2v) is 8.05. The highest BCUT2D eigenvalue weighted by atomic mass is 35.5. The molecule has 0 amide bonds. The van der Waals surface area contributed by atoms with Crippen molar-refractivity contribution < 1.29 is 33.4 Å². The number of benzene rings is 3. The zero-order valence-corrected chi connectivity index (χ0v) is 18.7. The van der Waals surface area contributed by atoms with Crippen LogP contribution < -0.4 is 4.74 Å². The number of carboxylic acid groups (broad SMARTS) is 1. The van der Waals surface area contributed by atoms with E-state index in [1.807, 2.05) is 30.3 Å². The molecule has 176 valence electrons. The Bertz CT molecular complexity index is 1190. The predicted molar refractivity (Wildman–Crippen MR) is 121 cm³/mol. The predicted octanol–water partition coefficient (Wildman–Crippen LogP) is 5.16. The van der Waals surface area contributed by atoms with Gasteiger partial charge in [-0.3, -0.25) is 0 Å². The largest absolute Gasteiger partial charge is 0.528 e. The summed E-state index contributed by atoms with van der Waals surface area (Å²) in [5.41, 5.74) is 2.62.